The van der Waals surface area contributed by atoms with Gasteiger partial charge in [0.05, 0.1) is 21.2 Å². The molecule has 1 heterocycles. The molecule has 1 aromatic rings. The number of halogens is 2. The van der Waals surface area contributed by atoms with Crippen LogP contribution in [-0.2, 0) is 14.3 Å². The Morgan fingerprint density at radius 3 is 1.96 bits per heavy atom. The number of hydrogen-bond acceptors (Lipinski definition) is 6. The molecule has 1 aliphatic heterocycles. The summed E-state index contributed by atoms with van der Waals surface area (Å²) >= 11 is 11.7. The predicted octanol–water partition coefficient (Wildman–Crippen LogP) is 1.10. The number of nitrogens with one attached hydrogen (secondary N) is 1. The molecule has 5 amide bonds. The highest BCUT2D eigenvalue weighted by molar-refractivity contribution is 6.43. The third kappa shape index (κ3) is 3.63. The number of carbonyl (C=O) groups excluding carboxylic acids is 5. The summed E-state index contributed by atoms with van der Waals surface area (Å²) in [7, 11) is 0. The van der Waals surface area contributed by atoms with Crippen molar-refractivity contribution in [2.75, 3.05) is 0 Å². The summed E-state index contributed by atoms with van der Waals surface area (Å²) in [5, 5.41) is 1.91. The lowest BCUT2D eigenvalue weighted by Crippen LogP contribution is -2.47. The van der Waals surface area contributed by atoms with Crippen molar-refractivity contribution in [1.82, 2.24) is 10.2 Å². The van der Waals surface area contributed by atoms with E-state index in [1.165, 1.54) is 26.0 Å². The normalized spacial score (nSPS) is 15.3. The Morgan fingerprint density at radius 2 is 1.54 bits per heavy atom. The fraction of sp³-hybridized carbons (Fsp3) is 0.267. The number of nitrogens with two attached hydrogens (primary N) is 1. The highest BCUT2D eigenvalue weighted by Gasteiger charge is 2.42. The van der Waals surface area contributed by atoms with Gasteiger partial charge in [0.25, 0.3) is 17.7 Å². The number of urea groups is 1. The van der Waals surface area contributed by atoms with Gasteiger partial charge in [-0.2, -0.15) is 0 Å². The molecule has 138 valence electrons. The molecule has 0 aromatic heterocycles. The Morgan fingerprint density at radius 1 is 1.08 bits per heavy atom. The molecule has 26 heavy (non-hydrogen) atoms. The first-order valence-electron chi connectivity index (χ1n) is 7.22. The van der Waals surface area contributed by atoms with Crippen LogP contribution in [0.3, 0.4) is 0 Å². The van der Waals surface area contributed by atoms with E-state index < -0.39 is 41.9 Å². The molecule has 11 heteroatoms. The van der Waals surface area contributed by atoms with Gasteiger partial charge in [0, 0.05) is 0 Å². The van der Waals surface area contributed by atoms with Crippen LogP contribution >= 0.6 is 23.2 Å². The Bertz CT molecular complexity index is 800. The van der Waals surface area contributed by atoms with E-state index in [1.54, 1.807) is 5.32 Å². The minimum Gasteiger partial charge on any atom is -0.451 e. The summed E-state index contributed by atoms with van der Waals surface area (Å²) < 4.78 is 4.87. The number of rotatable bonds is 4. The fourth-order valence-electron chi connectivity index (χ4n) is 2.26. The summed E-state index contributed by atoms with van der Waals surface area (Å²) in [6, 6.07) is 0.0322. The highest BCUT2D eigenvalue weighted by Crippen LogP contribution is 2.32. The van der Waals surface area contributed by atoms with Gasteiger partial charge in [-0.3, -0.25) is 24.6 Å². The van der Waals surface area contributed by atoms with Crippen molar-refractivity contribution in [1.29, 1.82) is 0 Å². The third-order valence-electron chi connectivity index (χ3n) is 3.60. The van der Waals surface area contributed by atoms with Crippen molar-refractivity contribution in [3.63, 3.8) is 0 Å². The number of hydrogen-bond donors (Lipinski definition) is 2. The van der Waals surface area contributed by atoms with Gasteiger partial charge in [-0.25, -0.2) is 9.59 Å². The van der Waals surface area contributed by atoms with Crippen LogP contribution in [0.5, 0.6) is 0 Å². The van der Waals surface area contributed by atoms with E-state index in [0.29, 0.717) is 4.90 Å². The second-order valence-electron chi connectivity index (χ2n) is 5.40. The van der Waals surface area contributed by atoms with Crippen LogP contribution in [0.1, 0.15) is 34.6 Å². The van der Waals surface area contributed by atoms with Crippen molar-refractivity contribution < 1.29 is 28.7 Å². The maximum Gasteiger partial charge on any atom is 0.329 e. The van der Waals surface area contributed by atoms with Gasteiger partial charge in [-0.1, -0.05) is 23.2 Å². The number of amides is 5. The molecular formula is C15H13Cl2N3O6. The quantitative estimate of drug-likeness (QED) is 0.572. The maximum absolute atomic E-state index is 12.4. The van der Waals surface area contributed by atoms with E-state index in [4.69, 9.17) is 33.7 Å². The van der Waals surface area contributed by atoms with Gasteiger partial charge in [0.15, 0.2) is 6.10 Å². The fourth-order valence-corrected chi connectivity index (χ4v) is 2.59. The topological polar surface area (TPSA) is 136 Å². The molecule has 2 atom stereocenters. The van der Waals surface area contributed by atoms with Crippen molar-refractivity contribution in [3.8, 4) is 0 Å². The number of esters is 1. The summed E-state index contributed by atoms with van der Waals surface area (Å²) in [4.78, 5) is 59.9. The minimum atomic E-state index is -1.36. The summed E-state index contributed by atoms with van der Waals surface area (Å²) in [5.74, 6) is -3.47. The molecule has 0 spiro atoms. The van der Waals surface area contributed by atoms with Gasteiger partial charge in [0.2, 0.25) is 0 Å². The molecular weight excluding hydrogens is 389 g/mol. The van der Waals surface area contributed by atoms with E-state index in [1.807, 2.05) is 0 Å². The molecule has 3 N–H and O–H groups in total. The zero-order valence-corrected chi connectivity index (χ0v) is 15.1. The smallest absolute Gasteiger partial charge is 0.329 e. The lowest BCUT2D eigenvalue weighted by molar-refractivity contribution is -0.157. The Balaban J connectivity index is 2.17. The van der Waals surface area contributed by atoms with Gasteiger partial charge in [0.1, 0.15) is 6.04 Å². The second-order valence-corrected chi connectivity index (χ2v) is 6.22. The SMILES string of the molecule is C[C@H](OC(=O)[C@H](C)N1C(=O)c2cc(Cl)c(Cl)cc2C1=O)C(=O)NC(N)=O. The van der Waals surface area contributed by atoms with E-state index in [2.05, 4.69) is 0 Å². The lowest BCUT2D eigenvalue weighted by atomic mass is 10.1. The molecule has 2 rings (SSSR count). The number of primary amides is 1. The number of benzene rings is 1. The molecule has 0 fully saturated rings. The summed E-state index contributed by atoms with van der Waals surface area (Å²) in [5.41, 5.74) is 4.81. The lowest BCUT2D eigenvalue weighted by Gasteiger charge is -2.22. The van der Waals surface area contributed by atoms with Gasteiger partial charge in [-0.05, 0) is 26.0 Å². The van der Waals surface area contributed by atoms with Crippen LogP contribution in [0.4, 0.5) is 4.79 Å². The van der Waals surface area contributed by atoms with Gasteiger partial charge >= 0.3 is 12.0 Å². The number of ether oxygens (including phenoxy) is 1. The van der Waals surface area contributed by atoms with Gasteiger partial charge in [-0.15, -0.1) is 0 Å². The molecule has 9 nitrogen and oxygen atoms in total. The molecule has 0 saturated carbocycles. The first-order chi connectivity index (χ1) is 12.0. The second kappa shape index (κ2) is 7.30. The molecule has 0 saturated heterocycles. The number of imide groups is 2. The Hall–Kier alpha value is -2.65. The zero-order chi connectivity index (χ0) is 19.8. The summed E-state index contributed by atoms with van der Waals surface area (Å²) in [6.45, 7) is 2.46. The predicted molar refractivity (Wildman–Crippen MR) is 89.7 cm³/mol. The van der Waals surface area contributed by atoms with E-state index in [0.717, 1.165) is 0 Å². The standard InChI is InChI=1S/C15H13Cl2N3O6/c1-5(14(24)26-6(2)11(21)19-15(18)25)20-12(22)7-3-9(16)10(17)4-8(7)13(20)23/h3-6H,1-2H3,(H3,18,19,21,25)/t5-,6-/m0/s1. The largest absolute Gasteiger partial charge is 0.451 e. The maximum atomic E-state index is 12.4. The van der Waals surface area contributed by atoms with Crippen LogP contribution < -0.4 is 11.1 Å². The molecule has 1 aromatic carbocycles. The highest BCUT2D eigenvalue weighted by atomic mass is 35.5. The van der Waals surface area contributed by atoms with Crippen LogP contribution in [0.2, 0.25) is 10.0 Å². The van der Waals surface area contributed by atoms with Crippen LogP contribution in [0, 0.1) is 0 Å². The minimum absolute atomic E-state index is 0.00331. The van der Waals surface area contributed by atoms with E-state index in [9.17, 15) is 24.0 Å². The number of fused-ring (bicyclic) bond motifs is 1. The van der Waals surface area contributed by atoms with E-state index in [-0.39, 0.29) is 21.2 Å². The van der Waals surface area contributed by atoms with E-state index >= 15 is 0 Å². The van der Waals surface area contributed by atoms with Crippen molar-refractivity contribution in [2.24, 2.45) is 5.73 Å². The molecule has 0 bridgehead atoms. The monoisotopic (exact) mass is 401 g/mol. The average molecular weight is 402 g/mol. The first-order valence-corrected chi connectivity index (χ1v) is 7.98. The summed E-state index contributed by atoms with van der Waals surface area (Å²) in [6.07, 6.45) is -1.36. The third-order valence-corrected chi connectivity index (χ3v) is 4.32. The number of nitrogens with zero attached hydrogens (tertiary/aromatic N) is 1. The van der Waals surface area contributed by atoms with Gasteiger partial charge < -0.3 is 10.5 Å². The average Bonchev–Trinajstić information content (AvgIpc) is 2.77. The van der Waals surface area contributed by atoms with Crippen molar-refractivity contribution in [2.45, 2.75) is 26.0 Å². The first kappa shape index (κ1) is 19.7. The van der Waals surface area contributed by atoms with Crippen molar-refractivity contribution in [3.05, 3.63) is 33.3 Å². The van der Waals surface area contributed by atoms with Crippen LogP contribution in [0.15, 0.2) is 12.1 Å². The van der Waals surface area contributed by atoms with Crippen LogP contribution in [-0.4, -0.2) is 46.8 Å². The Labute approximate surface area is 157 Å². The van der Waals surface area contributed by atoms with Crippen molar-refractivity contribution >= 4 is 52.9 Å². The molecule has 0 aliphatic carbocycles. The number of carbonyl (C=O) groups is 5. The van der Waals surface area contributed by atoms with Crippen LogP contribution in [0.25, 0.3) is 0 Å². The molecule has 0 radical (unpaired) electrons. The molecule has 1 aliphatic rings. The Kier molecular flexibility index (Phi) is 5.53. The zero-order valence-electron chi connectivity index (χ0n) is 13.5. The molecule has 0 unspecified atom stereocenters.